The van der Waals surface area contributed by atoms with E-state index in [1.807, 2.05) is 24.3 Å². The monoisotopic (exact) mass is 540 g/mol. The van der Waals surface area contributed by atoms with Crippen LogP contribution in [0.4, 0.5) is 0 Å². The van der Waals surface area contributed by atoms with Crippen molar-refractivity contribution in [1.82, 2.24) is 0 Å². The van der Waals surface area contributed by atoms with Crippen molar-refractivity contribution in [3.63, 3.8) is 0 Å². The van der Waals surface area contributed by atoms with Gasteiger partial charge in [-0.2, -0.15) is 0 Å². The lowest BCUT2D eigenvalue weighted by atomic mass is 10.0. The summed E-state index contributed by atoms with van der Waals surface area (Å²) in [4.78, 5) is -0.301. The molecule has 0 bridgehead atoms. The van der Waals surface area contributed by atoms with Crippen LogP contribution in [0.15, 0.2) is 131 Å². The number of benzene rings is 5. The van der Waals surface area contributed by atoms with Crippen LogP contribution in [-0.2, 0) is 19.7 Å². The van der Waals surface area contributed by atoms with Gasteiger partial charge in [-0.25, -0.2) is 16.8 Å². The zero-order chi connectivity index (χ0) is 26.5. The van der Waals surface area contributed by atoms with E-state index in [1.165, 1.54) is 30.3 Å². The molecule has 0 aromatic heterocycles. The zero-order valence-electron chi connectivity index (χ0n) is 20.2. The Morgan fingerprint density at radius 2 is 1.03 bits per heavy atom. The van der Waals surface area contributed by atoms with Gasteiger partial charge in [0.2, 0.25) is 23.8 Å². The van der Waals surface area contributed by atoms with Gasteiger partial charge in [-0.3, -0.25) is 0 Å². The molecule has 0 heterocycles. The predicted octanol–water partition coefficient (Wildman–Crippen LogP) is 5.79. The molecule has 0 saturated carbocycles. The Balaban J connectivity index is 1.59. The van der Waals surface area contributed by atoms with Gasteiger partial charge in [0, 0.05) is 6.42 Å². The third-order valence-corrected chi connectivity index (χ3v) is 13.1. The van der Waals surface area contributed by atoms with E-state index in [1.54, 1.807) is 66.7 Å². The van der Waals surface area contributed by atoms with Gasteiger partial charge in [0.15, 0.2) is 0 Å². The first kappa shape index (κ1) is 24.6. The fourth-order valence-electron chi connectivity index (χ4n) is 5.34. The van der Waals surface area contributed by atoms with Crippen molar-refractivity contribution < 1.29 is 21.9 Å². The minimum absolute atomic E-state index is 0.151. The highest BCUT2D eigenvalue weighted by molar-refractivity contribution is 8.10. The maximum atomic E-state index is 14.5. The lowest BCUT2D eigenvalue weighted by Crippen LogP contribution is -2.53. The molecule has 1 aliphatic rings. The zero-order valence-corrected chi connectivity index (χ0v) is 21.9. The molecule has 190 valence electrons. The number of hydrogen-bond acceptors (Lipinski definition) is 5. The van der Waals surface area contributed by atoms with Crippen LogP contribution in [0.25, 0.3) is 27.1 Å². The van der Waals surface area contributed by atoms with E-state index in [-0.39, 0.29) is 21.8 Å². The summed E-state index contributed by atoms with van der Waals surface area (Å²) in [6.45, 7) is 0. The number of aliphatic hydroxyl groups is 1. The number of fused-ring (bicyclic) bond motifs is 2. The van der Waals surface area contributed by atoms with Crippen molar-refractivity contribution in [2.45, 2.75) is 26.4 Å². The molecular weight excluding hydrogens is 516 g/mol. The molecule has 0 fully saturated rings. The lowest BCUT2D eigenvalue weighted by molar-refractivity contribution is 0.217. The number of hydrogen-bond donors (Lipinski definition) is 1. The summed E-state index contributed by atoms with van der Waals surface area (Å²) in [7, 11) is -9.26. The Kier molecular flexibility index (Phi) is 5.76. The van der Waals surface area contributed by atoms with Crippen LogP contribution in [0.2, 0.25) is 0 Å². The molecule has 1 atom stereocenters. The summed E-state index contributed by atoms with van der Waals surface area (Å²) in [5, 5.41) is 14.7. The van der Waals surface area contributed by atoms with Crippen LogP contribution in [-0.4, -0.2) is 32.1 Å². The first-order valence-corrected chi connectivity index (χ1v) is 15.1. The summed E-state index contributed by atoms with van der Waals surface area (Å²) in [5.74, 6) is 0. The van der Waals surface area contributed by atoms with Crippen molar-refractivity contribution in [3.05, 3.63) is 127 Å². The average Bonchev–Trinajstić information content (AvgIpc) is 3.32. The van der Waals surface area contributed by atoms with Gasteiger partial charge in [0.25, 0.3) is 0 Å². The summed E-state index contributed by atoms with van der Waals surface area (Å²) >= 11 is 0. The van der Waals surface area contributed by atoms with Crippen LogP contribution in [0.1, 0.15) is 12.0 Å². The lowest BCUT2D eigenvalue weighted by Gasteiger charge is -2.33. The third kappa shape index (κ3) is 3.54. The second kappa shape index (κ2) is 8.91. The molecule has 5 nitrogen and oxygen atoms in total. The van der Waals surface area contributed by atoms with Gasteiger partial charge in [-0.15, -0.1) is 0 Å². The minimum Gasteiger partial charge on any atom is -0.386 e. The Morgan fingerprint density at radius 1 is 0.579 bits per heavy atom. The summed E-state index contributed by atoms with van der Waals surface area (Å²) < 4.78 is 55.4. The van der Waals surface area contributed by atoms with E-state index in [2.05, 4.69) is 0 Å². The van der Waals surface area contributed by atoms with Gasteiger partial charge < -0.3 is 5.11 Å². The predicted molar refractivity (Wildman–Crippen MR) is 150 cm³/mol. The van der Waals surface area contributed by atoms with E-state index in [0.717, 1.165) is 10.8 Å². The van der Waals surface area contributed by atoms with E-state index in [4.69, 9.17) is 0 Å². The SMILES string of the molecule is O=S(=O)(c1ccc2ccccc2c1)C1(S(=O)(=O)c2ccc3ccccc3c2)CC=C(c2ccccc2)C1O. The third-order valence-electron chi connectivity index (χ3n) is 7.40. The van der Waals surface area contributed by atoms with E-state index in [0.29, 0.717) is 16.3 Å². The molecule has 0 radical (unpaired) electrons. The van der Waals surface area contributed by atoms with E-state index in [9.17, 15) is 21.9 Å². The molecule has 7 heteroatoms. The topological polar surface area (TPSA) is 88.5 Å². The molecule has 1 N–H and O–H groups in total. The fraction of sp³-hybridized carbons (Fsp3) is 0.0968. The molecule has 6 rings (SSSR count). The number of sulfone groups is 2. The molecule has 5 aromatic carbocycles. The van der Waals surface area contributed by atoms with E-state index >= 15 is 0 Å². The second-order valence-electron chi connectivity index (χ2n) is 9.47. The Hall–Kier alpha value is -3.78. The standard InChI is InChI=1S/C31H24O5S2/c32-30-29(24-10-2-1-3-11-24)18-19-31(30,37(33,34)27-16-14-22-8-4-6-12-25(22)20-27)38(35,36)28-17-15-23-9-5-7-13-26(23)21-28/h1-18,20-21,30,32H,19H2. The van der Waals surface area contributed by atoms with Gasteiger partial charge in [-0.05, 0) is 56.9 Å². The quantitative estimate of drug-likeness (QED) is 0.305. The highest BCUT2D eigenvalue weighted by atomic mass is 32.3. The molecule has 1 unspecified atom stereocenters. The van der Waals surface area contributed by atoms with Crippen LogP contribution in [0, 0.1) is 0 Å². The van der Waals surface area contributed by atoms with Crippen LogP contribution < -0.4 is 0 Å². The van der Waals surface area contributed by atoms with Crippen LogP contribution in [0.5, 0.6) is 0 Å². The van der Waals surface area contributed by atoms with Crippen molar-refractivity contribution >= 4 is 46.8 Å². The van der Waals surface area contributed by atoms with Gasteiger partial charge in [-0.1, -0.05) is 97.1 Å². The van der Waals surface area contributed by atoms with E-state index < -0.39 is 29.9 Å². The first-order valence-electron chi connectivity index (χ1n) is 12.2. The molecule has 0 amide bonds. The van der Waals surface area contributed by atoms with Gasteiger partial charge in [0.1, 0.15) is 6.10 Å². The summed E-state index contributed by atoms with van der Waals surface area (Å²) in [6.07, 6.45) is -0.655. The Labute approximate surface area is 221 Å². The summed E-state index contributed by atoms with van der Waals surface area (Å²) in [5.41, 5.74) is 0.851. The van der Waals surface area contributed by atoms with Crippen molar-refractivity contribution in [2.75, 3.05) is 0 Å². The Bertz CT molecular complexity index is 1830. The maximum Gasteiger partial charge on any atom is 0.215 e. The van der Waals surface area contributed by atoms with Crippen LogP contribution >= 0.6 is 0 Å². The number of allylic oxidation sites excluding steroid dienone is 1. The maximum absolute atomic E-state index is 14.5. The van der Waals surface area contributed by atoms with Crippen molar-refractivity contribution in [1.29, 1.82) is 0 Å². The summed E-state index contributed by atoms with van der Waals surface area (Å²) in [6, 6.07) is 32.4. The molecule has 1 aliphatic carbocycles. The molecule has 38 heavy (non-hydrogen) atoms. The fourth-order valence-corrected chi connectivity index (χ4v) is 10.4. The molecule has 0 aliphatic heterocycles. The minimum atomic E-state index is -4.63. The molecule has 5 aromatic rings. The molecule has 0 saturated heterocycles. The number of rotatable bonds is 5. The molecular formula is C31H24O5S2. The number of aliphatic hydroxyl groups excluding tert-OH is 1. The smallest absolute Gasteiger partial charge is 0.215 e. The largest absolute Gasteiger partial charge is 0.386 e. The normalized spacial score (nSPS) is 17.5. The highest BCUT2D eigenvalue weighted by Gasteiger charge is 2.63. The highest BCUT2D eigenvalue weighted by Crippen LogP contribution is 2.50. The Morgan fingerprint density at radius 3 is 1.53 bits per heavy atom. The van der Waals surface area contributed by atoms with Gasteiger partial charge in [0.05, 0.1) is 9.79 Å². The van der Waals surface area contributed by atoms with Crippen molar-refractivity contribution in [3.8, 4) is 0 Å². The molecule has 0 spiro atoms. The van der Waals surface area contributed by atoms with Crippen LogP contribution in [0.3, 0.4) is 0 Å². The average molecular weight is 541 g/mol. The first-order chi connectivity index (χ1) is 18.3. The van der Waals surface area contributed by atoms with Gasteiger partial charge >= 0.3 is 0 Å². The van der Waals surface area contributed by atoms with Crippen molar-refractivity contribution in [2.24, 2.45) is 0 Å². The second-order valence-corrected chi connectivity index (χ2v) is 14.1.